The maximum absolute atomic E-state index is 5.79. The van der Waals surface area contributed by atoms with E-state index in [1.807, 2.05) is 0 Å². The first-order chi connectivity index (χ1) is 14.7. The zero-order valence-electron chi connectivity index (χ0n) is 18.1. The SMILES string of the molecule is CCCCN1C=CC2C(=C1C)N(CCCc1ccccc1)C1C=C(OCBr)C=CC21. The summed E-state index contributed by atoms with van der Waals surface area (Å²) in [6.07, 6.45) is 16.3. The summed E-state index contributed by atoms with van der Waals surface area (Å²) < 4.78 is 5.79. The number of unbranched alkanes of at least 4 members (excludes halogenated alkanes) is 1. The highest BCUT2D eigenvalue weighted by Gasteiger charge is 2.45. The Labute approximate surface area is 189 Å². The first-order valence-corrected chi connectivity index (χ1v) is 12.4. The average molecular weight is 469 g/mol. The zero-order valence-corrected chi connectivity index (χ0v) is 19.7. The van der Waals surface area contributed by atoms with Gasteiger partial charge < -0.3 is 14.5 Å². The first kappa shape index (κ1) is 21.3. The smallest absolute Gasteiger partial charge is 0.143 e. The lowest BCUT2D eigenvalue weighted by molar-refractivity contribution is 0.260. The molecule has 3 aliphatic rings. The van der Waals surface area contributed by atoms with E-state index in [-0.39, 0.29) is 0 Å². The third kappa shape index (κ3) is 4.39. The molecule has 160 valence electrons. The minimum absolute atomic E-state index is 0.366. The molecule has 0 aromatic heterocycles. The second-order valence-electron chi connectivity index (χ2n) is 8.42. The van der Waals surface area contributed by atoms with E-state index >= 15 is 0 Å². The van der Waals surface area contributed by atoms with Crippen LogP contribution in [0.3, 0.4) is 0 Å². The van der Waals surface area contributed by atoms with Gasteiger partial charge >= 0.3 is 0 Å². The maximum Gasteiger partial charge on any atom is 0.143 e. The summed E-state index contributed by atoms with van der Waals surface area (Å²) in [5.74, 6) is 1.92. The molecule has 3 unspecified atom stereocenters. The molecule has 0 spiro atoms. The van der Waals surface area contributed by atoms with Crippen molar-refractivity contribution < 1.29 is 4.74 Å². The molecule has 2 aliphatic heterocycles. The van der Waals surface area contributed by atoms with E-state index in [0.29, 0.717) is 23.4 Å². The van der Waals surface area contributed by atoms with E-state index < -0.39 is 0 Å². The van der Waals surface area contributed by atoms with E-state index in [1.54, 1.807) is 0 Å². The quantitative estimate of drug-likeness (QED) is 0.400. The molecule has 1 saturated heterocycles. The van der Waals surface area contributed by atoms with Crippen molar-refractivity contribution >= 4 is 15.9 Å². The van der Waals surface area contributed by atoms with E-state index in [2.05, 4.69) is 100 Å². The number of benzene rings is 1. The molecule has 4 rings (SSSR count). The number of alkyl halides is 1. The molecule has 0 amide bonds. The van der Waals surface area contributed by atoms with Crippen LogP contribution in [-0.2, 0) is 11.2 Å². The van der Waals surface area contributed by atoms with Crippen LogP contribution in [0.25, 0.3) is 0 Å². The minimum atomic E-state index is 0.366. The van der Waals surface area contributed by atoms with Crippen LogP contribution < -0.4 is 0 Å². The summed E-state index contributed by atoms with van der Waals surface area (Å²) in [5.41, 5.74) is 4.89. The lowest BCUT2D eigenvalue weighted by Gasteiger charge is -2.34. The number of halogens is 1. The van der Waals surface area contributed by atoms with Gasteiger partial charge in [0.25, 0.3) is 0 Å². The van der Waals surface area contributed by atoms with Crippen LogP contribution in [0, 0.1) is 11.8 Å². The van der Waals surface area contributed by atoms with Gasteiger partial charge in [-0.25, -0.2) is 0 Å². The third-order valence-corrected chi connectivity index (χ3v) is 6.80. The van der Waals surface area contributed by atoms with Crippen molar-refractivity contribution in [3.05, 3.63) is 83.6 Å². The Morgan fingerprint density at radius 2 is 1.90 bits per heavy atom. The summed E-state index contributed by atoms with van der Waals surface area (Å²) in [4.78, 5) is 5.12. The summed E-state index contributed by atoms with van der Waals surface area (Å²) in [6.45, 7) is 6.75. The van der Waals surface area contributed by atoms with Crippen molar-refractivity contribution in [2.45, 2.75) is 45.6 Å². The standard InChI is InChI=1S/C26H33BrN2O/c1-3-4-15-28-17-14-24-23-13-12-22(30-19-27)18-25(23)29(26(24)20(28)2)16-8-11-21-9-6-5-7-10-21/h5-7,9-10,12-14,17-18,23-25H,3-4,8,11,15-16,19H2,1-2H3. The van der Waals surface area contributed by atoms with Gasteiger partial charge in [-0.15, -0.1) is 0 Å². The van der Waals surface area contributed by atoms with Crippen molar-refractivity contribution in [2.24, 2.45) is 11.8 Å². The second-order valence-corrected chi connectivity index (χ2v) is 8.87. The highest BCUT2D eigenvalue weighted by molar-refractivity contribution is 9.09. The van der Waals surface area contributed by atoms with Crippen molar-refractivity contribution in [2.75, 3.05) is 18.6 Å². The van der Waals surface area contributed by atoms with Crippen LogP contribution in [-0.4, -0.2) is 34.4 Å². The molecule has 3 nitrogen and oxygen atoms in total. The molecule has 4 heteroatoms. The molecule has 1 aromatic rings. The number of likely N-dealkylation sites (tertiary alicyclic amines) is 1. The summed E-state index contributed by atoms with van der Waals surface area (Å²) in [7, 11) is 0. The highest BCUT2D eigenvalue weighted by Crippen LogP contribution is 2.46. The number of nitrogens with zero attached hydrogens (tertiary/aromatic N) is 2. The molecule has 1 aromatic carbocycles. The average Bonchev–Trinajstić information content (AvgIpc) is 3.08. The fourth-order valence-electron chi connectivity index (χ4n) is 5.04. The molecular weight excluding hydrogens is 436 g/mol. The van der Waals surface area contributed by atoms with Crippen LogP contribution >= 0.6 is 15.9 Å². The van der Waals surface area contributed by atoms with E-state index in [0.717, 1.165) is 31.7 Å². The summed E-state index contributed by atoms with van der Waals surface area (Å²) in [6, 6.07) is 11.2. The molecule has 3 atom stereocenters. The summed E-state index contributed by atoms with van der Waals surface area (Å²) in [5, 5.41) is 0. The van der Waals surface area contributed by atoms with Gasteiger partial charge in [0.05, 0.1) is 6.04 Å². The minimum Gasteiger partial charge on any atom is -0.483 e. The predicted molar refractivity (Wildman–Crippen MR) is 128 cm³/mol. The lowest BCUT2D eigenvalue weighted by Crippen LogP contribution is -2.34. The van der Waals surface area contributed by atoms with E-state index in [9.17, 15) is 0 Å². The van der Waals surface area contributed by atoms with Crippen LogP contribution in [0.2, 0.25) is 0 Å². The fraction of sp³-hybridized carbons (Fsp3) is 0.462. The van der Waals surface area contributed by atoms with Crippen molar-refractivity contribution in [1.29, 1.82) is 0 Å². The van der Waals surface area contributed by atoms with Gasteiger partial charge in [-0.05, 0) is 59.8 Å². The van der Waals surface area contributed by atoms with Gasteiger partial charge in [0, 0.05) is 42.5 Å². The normalized spacial score (nSPS) is 24.8. The highest BCUT2D eigenvalue weighted by atomic mass is 79.9. The van der Waals surface area contributed by atoms with E-state index in [4.69, 9.17) is 4.74 Å². The van der Waals surface area contributed by atoms with Gasteiger partial charge in [0.2, 0.25) is 0 Å². The Morgan fingerprint density at radius 1 is 1.07 bits per heavy atom. The molecule has 30 heavy (non-hydrogen) atoms. The van der Waals surface area contributed by atoms with Gasteiger partial charge in [0.15, 0.2) is 0 Å². The van der Waals surface area contributed by atoms with Gasteiger partial charge in [0.1, 0.15) is 11.3 Å². The van der Waals surface area contributed by atoms with Crippen LogP contribution in [0.5, 0.6) is 0 Å². The molecule has 0 radical (unpaired) electrons. The van der Waals surface area contributed by atoms with Crippen molar-refractivity contribution in [3.63, 3.8) is 0 Å². The van der Waals surface area contributed by atoms with Gasteiger partial charge in [-0.1, -0.05) is 55.8 Å². The Balaban J connectivity index is 1.58. The number of allylic oxidation sites excluding steroid dienone is 3. The Hall–Kier alpha value is -1.94. The van der Waals surface area contributed by atoms with Crippen molar-refractivity contribution in [3.8, 4) is 0 Å². The molecule has 1 aliphatic carbocycles. The molecule has 2 heterocycles. The second kappa shape index (κ2) is 9.91. The molecule has 0 N–H and O–H groups in total. The number of hydrogen-bond donors (Lipinski definition) is 0. The summed E-state index contributed by atoms with van der Waals surface area (Å²) >= 11 is 3.41. The van der Waals surface area contributed by atoms with Crippen LogP contribution in [0.4, 0.5) is 0 Å². The topological polar surface area (TPSA) is 15.7 Å². The predicted octanol–water partition coefficient (Wildman–Crippen LogP) is 6.22. The Kier molecular flexibility index (Phi) is 7.04. The number of ether oxygens (including phenoxy) is 1. The number of fused-ring (bicyclic) bond motifs is 3. The Morgan fingerprint density at radius 3 is 2.67 bits per heavy atom. The monoisotopic (exact) mass is 468 g/mol. The zero-order chi connectivity index (χ0) is 20.9. The van der Waals surface area contributed by atoms with Crippen LogP contribution in [0.1, 0.15) is 38.7 Å². The molecule has 1 fully saturated rings. The van der Waals surface area contributed by atoms with Crippen LogP contribution in [0.15, 0.2) is 78.0 Å². The molecule has 0 bridgehead atoms. The third-order valence-electron chi connectivity index (χ3n) is 6.57. The number of aryl methyl sites for hydroxylation is 1. The number of hydrogen-bond acceptors (Lipinski definition) is 3. The Bertz CT molecular complexity index is 842. The molecule has 0 saturated carbocycles. The maximum atomic E-state index is 5.79. The van der Waals surface area contributed by atoms with Gasteiger partial charge in [-0.2, -0.15) is 0 Å². The first-order valence-electron chi connectivity index (χ1n) is 11.3. The van der Waals surface area contributed by atoms with Gasteiger partial charge in [-0.3, -0.25) is 0 Å². The molecular formula is C26H33BrN2O. The lowest BCUT2D eigenvalue weighted by atomic mass is 9.84. The van der Waals surface area contributed by atoms with E-state index in [1.165, 1.54) is 29.8 Å². The number of rotatable bonds is 9. The fourth-order valence-corrected chi connectivity index (χ4v) is 5.31. The largest absolute Gasteiger partial charge is 0.483 e. The van der Waals surface area contributed by atoms with Crippen molar-refractivity contribution in [1.82, 2.24) is 9.80 Å².